The first kappa shape index (κ1) is 16.8. The van der Waals surface area contributed by atoms with Gasteiger partial charge in [0.2, 0.25) is 11.8 Å². The summed E-state index contributed by atoms with van der Waals surface area (Å²) in [6.07, 6.45) is 0. The molecule has 1 heterocycles. The van der Waals surface area contributed by atoms with Gasteiger partial charge >= 0.3 is 0 Å². The van der Waals surface area contributed by atoms with Gasteiger partial charge < -0.3 is 10.2 Å². The molecule has 0 aliphatic carbocycles. The molecule has 0 saturated carbocycles. The number of nitrogens with one attached hydrogen (secondary N) is 1. The van der Waals surface area contributed by atoms with Crippen LogP contribution in [0.15, 0.2) is 24.3 Å². The van der Waals surface area contributed by atoms with Crippen LogP contribution >= 0.6 is 11.6 Å². The Hall–Kier alpha value is -1.59. The van der Waals surface area contributed by atoms with Crippen molar-refractivity contribution in [2.45, 2.75) is 13.5 Å². The lowest BCUT2D eigenvalue weighted by Gasteiger charge is -2.23. The zero-order valence-electron chi connectivity index (χ0n) is 13.0. The minimum absolute atomic E-state index is 0.0125. The maximum Gasteiger partial charge on any atom is 0.225 e. The van der Waals surface area contributed by atoms with Crippen LogP contribution in [-0.4, -0.2) is 54.8 Å². The number of halogens is 1. The van der Waals surface area contributed by atoms with Crippen LogP contribution in [0.1, 0.15) is 12.5 Å². The Kier molecular flexibility index (Phi) is 5.80. The first-order chi connectivity index (χ1) is 10.5. The number of nitrogens with zero attached hydrogens (tertiary/aromatic N) is 2. The molecule has 22 heavy (non-hydrogen) atoms. The lowest BCUT2D eigenvalue weighted by atomic mass is 10.1. The highest BCUT2D eigenvalue weighted by Crippen LogP contribution is 2.16. The molecule has 1 N–H and O–H groups in total. The first-order valence-corrected chi connectivity index (χ1v) is 7.81. The van der Waals surface area contributed by atoms with Gasteiger partial charge in [-0.1, -0.05) is 23.7 Å². The number of hydrogen-bond donors (Lipinski definition) is 1. The number of carbonyl (C=O) groups is 2. The highest BCUT2D eigenvalue weighted by molar-refractivity contribution is 6.30. The average Bonchev–Trinajstić information content (AvgIpc) is 2.69. The molecule has 6 heteroatoms. The molecule has 1 fully saturated rings. The largest absolute Gasteiger partial charge is 0.359 e. The maximum atomic E-state index is 12.0. The molecule has 120 valence electrons. The molecule has 0 bridgehead atoms. The van der Waals surface area contributed by atoms with Crippen molar-refractivity contribution < 1.29 is 9.59 Å². The van der Waals surface area contributed by atoms with E-state index in [4.69, 9.17) is 11.6 Å². The van der Waals surface area contributed by atoms with E-state index in [9.17, 15) is 9.59 Å². The van der Waals surface area contributed by atoms with Gasteiger partial charge in [0.05, 0.1) is 5.92 Å². The molecule has 1 aromatic rings. The number of carbonyl (C=O) groups excluding carboxylic acids is 2. The molecule has 2 rings (SSSR count). The molecule has 0 radical (unpaired) electrons. The third-order valence-corrected chi connectivity index (χ3v) is 4.20. The Labute approximate surface area is 136 Å². The summed E-state index contributed by atoms with van der Waals surface area (Å²) in [6, 6.07) is 7.73. The summed E-state index contributed by atoms with van der Waals surface area (Å²) in [6.45, 7) is 4.77. The molecule has 1 atom stereocenters. The Morgan fingerprint density at radius 1 is 1.32 bits per heavy atom. The molecular formula is C16H22ClN3O2. The monoisotopic (exact) mass is 323 g/mol. The summed E-state index contributed by atoms with van der Waals surface area (Å²) in [5.41, 5.74) is 1.11. The van der Waals surface area contributed by atoms with E-state index >= 15 is 0 Å². The van der Waals surface area contributed by atoms with E-state index in [-0.39, 0.29) is 17.7 Å². The predicted molar refractivity (Wildman–Crippen MR) is 86.5 cm³/mol. The minimum atomic E-state index is -0.212. The molecule has 1 aliphatic heterocycles. The average molecular weight is 324 g/mol. The molecule has 1 aromatic carbocycles. The van der Waals surface area contributed by atoms with Crippen molar-refractivity contribution in [1.82, 2.24) is 15.1 Å². The molecule has 0 unspecified atom stereocenters. The second-order valence-corrected chi connectivity index (χ2v) is 6.08. The normalized spacial score (nSPS) is 19.6. The van der Waals surface area contributed by atoms with Crippen molar-refractivity contribution in [2.75, 3.05) is 33.2 Å². The van der Waals surface area contributed by atoms with Gasteiger partial charge in [-0.2, -0.15) is 0 Å². The van der Waals surface area contributed by atoms with Gasteiger partial charge in [-0.3, -0.25) is 14.5 Å². The molecule has 0 aromatic heterocycles. The van der Waals surface area contributed by atoms with Gasteiger partial charge in [0, 0.05) is 51.7 Å². The summed E-state index contributed by atoms with van der Waals surface area (Å²) in [5.74, 6) is -0.224. The van der Waals surface area contributed by atoms with Crippen molar-refractivity contribution in [2.24, 2.45) is 5.92 Å². The van der Waals surface area contributed by atoms with Crippen LogP contribution in [-0.2, 0) is 16.1 Å². The fraction of sp³-hybridized carbons (Fsp3) is 0.500. The van der Waals surface area contributed by atoms with Crippen LogP contribution in [0, 0.1) is 5.92 Å². The van der Waals surface area contributed by atoms with E-state index in [1.807, 2.05) is 24.3 Å². The van der Waals surface area contributed by atoms with Gasteiger partial charge in [-0.25, -0.2) is 0 Å². The van der Waals surface area contributed by atoms with Crippen molar-refractivity contribution in [1.29, 1.82) is 0 Å². The number of hydrogen-bond acceptors (Lipinski definition) is 3. The van der Waals surface area contributed by atoms with Gasteiger partial charge in [0.1, 0.15) is 0 Å². The van der Waals surface area contributed by atoms with E-state index in [2.05, 4.69) is 10.2 Å². The van der Waals surface area contributed by atoms with Gasteiger partial charge in [0.25, 0.3) is 0 Å². The quantitative estimate of drug-likeness (QED) is 0.914. The summed E-state index contributed by atoms with van der Waals surface area (Å²) in [5, 5.41) is 3.40. The Morgan fingerprint density at radius 3 is 2.73 bits per heavy atom. The van der Waals surface area contributed by atoms with Crippen LogP contribution in [0.3, 0.4) is 0 Å². The fourth-order valence-electron chi connectivity index (χ4n) is 2.77. The molecule has 1 aliphatic rings. The molecular weight excluding hydrogens is 302 g/mol. The lowest BCUT2D eigenvalue weighted by Crippen LogP contribution is -2.40. The smallest absolute Gasteiger partial charge is 0.225 e. The van der Waals surface area contributed by atoms with Crippen LogP contribution in [0.4, 0.5) is 0 Å². The van der Waals surface area contributed by atoms with Gasteiger partial charge in [-0.05, 0) is 17.7 Å². The number of benzene rings is 1. The third kappa shape index (κ3) is 4.45. The van der Waals surface area contributed by atoms with Crippen LogP contribution < -0.4 is 5.32 Å². The summed E-state index contributed by atoms with van der Waals surface area (Å²) in [7, 11) is 1.63. The number of amides is 2. The lowest BCUT2D eigenvalue weighted by molar-refractivity contribution is -0.130. The van der Waals surface area contributed by atoms with Crippen LogP contribution in [0.2, 0.25) is 5.02 Å². The van der Waals surface area contributed by atoms with Crippen LogP contribution in [0.5, 0.6) is 0 Å². The third-order valence-electron chi connectivity index (χ3n) is 3.96. The minimum Gasteiger partial charge on any atom is -0.359 e. The topological polar surface area (TPSA) is 52.7 Å². The second kappa shape index (κ2) is 7.61. The number of rotatable bonds is 3. The van der Waals surface area contributed by atoms with E-state index in [1.54, 1.807) is 18.9 Å². The van der Waals surface area contributed by atoms with Crippen molar-refractivity contribution in [3.8, 4) is 0 Å². The van der Waals surface area contributed by atoms with E-state index < -0.39 is 0 Å². The molecule has 1 saturated heterocycles. The summed E-state index contributed by atoms with van der Waals surface area (Å²) in [4.78, 5) is 27.7. The molecule has 5 nitrogen and oxygen atoms in total. The summed E-state index contributed by atoms with van der Waals surface area (Å²) >= 11 is 6.03. The summed E-state index contributed by atoms with van der Waals surface area (Å²) < 4.78 is 0. The Morgan fingerprint density at radius 2 is 2.09 bits per heavy atom. The standard InChI is InChI=1S/C16H22ClN3O2/c1-12(21)20-7-6-19(10-14(11-20)16(22)18-2)9-13-4-3-5-15(17)8-13/h3-5,8,14H,6-7,9-11H2,1-2H3,(H,18,22)/t14-/m0/s1. The zero-order chi connectivity index (χ0) is 16.1. The zero-order valence-corrected chi connectivity index (χ0v) is 13.8. The fourth-order valence-corrected chi connectivity index (χ4v) is 2.99. The van der Waals surface area contributed by atoms with Gasteiger partial charge in [0.15, 0.2) is 0 Å². The van der Waals surface area contributed by atoms with Gasteiger partial charge in [-0.15, -0.1) is 0 Å². The van der Waals surface area contributed by atoms with Crippen molar-refractivity contribution in [3.63, 3.8) is 0 Å². The van der Waals surface area contributed by atoms with Crippen LogP contribution in [0.25, 0.3) is 0 Å². The highest BCUT2D eigenvalue weighted by atomic mass is 35.5. The highest BCUT2D eigenvalue weighted by Gasteiger charge is 2.28. The van der Waals surface area contributed by atoms with E-state index in [1.165, 1.54) is 0 Å². The Balaban J connectivity index is 2.10. The maximum absolute atomic E-state index is 12.0. The Bertz CT molecular complexity index is 550. The first-order valence-electron chi connectivity index (χ1n) is 7.43. The predicted octanol–water partition coefficient (Wildman–Crippen LogP) is 1.37. The van der Waals surface area contributed by atoms with E-state index in [0.717, 1.165) is 18.7 Å². The molecule has 0 spiro atoms. The second-order valence-electron chi connectivity index (χ2n) is 5.64. The van der Waals surface area contributed by atoms with Crippen molar-refractivity contribution in [3.05, 3.63) is 34.9 Å². The molecule has 2 amide bonds. The van der Waals surface area contributed by atoms with Crippen molar-refractivity contribution >= 4 is 23.4 Å². The SMILES string of the molecule is CNC(=O)[C@H]1CN(Cc2cccc(Cl)c2)CCN(C(C)=O)C1. The van der Waals surface area contributed by atoms with E-state index in [0.29, 0.717) is 24.7 Å².